The van der Waals surface area contributed by atoms with Crippen LogP contribution in [0.1, 0.15) is 40.5 Å². The Morgan fingerprint density at radius 3 is 2.41 bits per heavy atom. The Hall–Kier alpha value is -1.48. The number of piperidine rings is 1. The number of ether oxygens (including phenoxy) is 1. The number of nitrogens with zero attached hydrogens (tertiary/aromatic N) is 1. The molecule has 3 heteroatoms. The van der Waals surface area contributed by atoms with E-state index in [1.165, 1.54) is 24.1 Å². The molecule has 1 aliphatic rings. The maximum absolute atomic E-state index is 5.75. The van der Waals surface area contributed by atoms with Gasteiger partial charge < -0.3 is 15.0 Å². The van der Waals surface area contributed by atoms with Crippen molar-refractivity contribution in [3.8, 4) is 5.75 Å². The zero-order chi connectivity index (χ0) is 15.9. The monoisotopic (exact) mass is 302 g/mol. The van der Waals surface area contributed by atoms with E-state index in [0.717, 1.165) is 25.4 Å². The third-order valence-corrected chi connectivity index (χ3v) is 3.99. The van der Waals surface area contributed by atoms with Gasteiger partial charge in [-0.3, -0.25) is 0 Å². The molecule has 1 aromatic carbocycles. The van der Waals surface area contributed by atoms with E-state index < -0.39 is 0 Å². The molecule has 2 rings (SSSR count). The first-order chi connectivity index (χ1) is 10.6. The standard InChI is InChI=1S/C19H30N2O/c1-15(2)11-14-21(18-9-12-20-13-10-18)17-5-7-19(8-6-17)22-16(3)4/h5-8,11,16,18,20H,9-10,12-14H2,1-4H3. The zero-order valence-electron chi connectivity index (χ0n) is 14.4. The molecule has 0 unspecified atom stereocenters. The normalized spacial score (nSPS) is 15.7. The molecule has 0 amide bonds. The minimum atomic E-state index is 0.219. The predicted octanol–water partition coefficient (Wildman–Crippen LogP) is 4.00. The van der Waals surface area contributed by atoms with Gasteiger partial charge >= 0.3 is 0 Å². The summed E-state index contributed by atoms with van der Waals surface area (Å²) in [5.74, 6) is 0.950. The lowest BCUT2D eigenvalue weighted by Gasteiger charge is -2.36. The third-order valence-electron chi connectivity index (χ3n) is 3.99. The Kier molecular flexibility index (Phi) is 6.32. The highest BCUT2D eigenvalue weighted by Crippen LogP contribution is 2.25. The van der Waals surface area contributed by atoms with Crippen LogP contribution in [-0.4, -0.2) is 31.8 Å². The first-order valence-electron chi connectivity index (χ1n) is 8.43. The number of anilines is 1. The first kappa shape index (κ1) is 16.9. The molecular weight excluding hydrogens is 272 g/mol. The molecule has 3 nitrogen and oxygen atoms in total. The van der Waals surface area contributed by atoms with E-state index in [4.69, 9.17) is 4.74 Å². The molecule has 122 valence electrons. The smallest absolute Gasteiger partial charge is 0.119 e. The molecule has 0 saturated carbocycles. The summed E-state index contributed by atoms with van der Waals surface area (Å²) < 4.78 is 5.75. The van der Waals surface area contributed by atoms with Crippen LogP contribution < -0.4 is 15.0 Å². The number of hydrogen-bond acceptors (Lipinski definition) is 3. The average molecular weight is 302 g/mol. The third kappa shape index (κ3) is 5.06. The molecule has 1 aromatic rings. The lowest BCUT2D eigenvalue weighted by atomic mass is 10.0. The van der Waals surface area contributed by atoms with Crippen LogP contribution in [0.2, 0.25) is 0 Å². The predicted molar refractivity (Wildman–Crippen MR) is 94.9 cm³/mol. The summed E-state index contributed by atoms with van der Waals surface area (Å²) in [7, 11) is 0. The van der Waals surface area contributed by atoms with Gasteiger partial charge in [0.05, 0.1) is 6.10 Å². The van der Waals surface area contributed by atoms with Gasteiger partial charge in [-0.05, 0) is 77.9 Å². The van der Waals surface area contributed by atoms with Crippen LogP contribution in [0.25, 0.3) is 0 Å². The van der Waals surface area contributed by atoms with Crippen LogP contribution in [0.5, 0.6) is 5.75 Å². The number of rotatable bonds is 6. The summed E-state index contributed by atoms with van der Waals surface area (Å²) in [6, 6.07) is 9.18. The largest absolute Gasteiger partial charge is 0.491 e. The maximum atomic E-state index is 5.75. The van der Waals surface area contributed by atoms with Crippen molar-refractivity contribution < 1.29 is 4.74 Å². The lowest BCUT2D eigenvalue weighted by molar-refractivity contribution is 0.242. The molecule has 1 aliphatic heterocycles. The van der Waals surface area contributed by atoms with E-state index >= 15 is 0 Å². The van der Waals surface area contributed by atoms with Crippen molar-refractivity contribution in [1.82, 2.24) is 5.32 Å². The molecule has 0 spiro atoms. The van der Waals surface area contributed by atoms with Crippen molar-refractivity contribution in [2.24, 2.45) is 0 Å². The van der Waals surface area contributed by atoms with Crippen LogP contribution >= 0.6 is 0 Å². The molecule has 22 heavy (non-hydrogen) atoms. The molecule has 0 aromatic heterocycles. The lowest BCUT2D eigenvalue weighted by Crippen LogP contribution is -2.43. The second-order valence-electron chi connectivity index (χ2n) is 6.58. The molecule has 1 heterocycles. The maximum Gasteiger partial charge on any atom is 0.119 e. The fraction of sp³-hybridized carbons (Fsp3) is 0.579. The van der Waals surface area contributed by atoms with E-state index in [-0.39, 0.29) is 6.10 Å². The highest BCUT2D eigenvalue weighted by molar-refractivity contribution is 5.50. The molecule has 1 fully saturated rings. The number of benzene rings is 1. The van der Waals surface area contributed by atoms with Gasteiger partial charge in [0.1, 0.15) is 5.75 Å². The van der Waals surface area contributed by atoms with Gasteiger partial charge in [0, 0.05) is 18.3 Å². The van der Waals surface area contributed by atoms with E-state index in [2.05, 4.69) is 68.3 Å². The fourth-order valence-corrected chi connectivity index (χ4v) is 2.85. The highest BCUT2D eigenvalue weighted by atomic mass is 16.5. The Balaban J connectivity index is 2.14. The Morgan fingerprint density at radius 1 is 1.23 bits per heavy atom. The summed E-state index contributed by atoms with van der Waals surface area (Å²) in [6.45, 7) is 11.7. The first-order valence-corrected chi connectivity index (χ1v) is 8.43. The minimum absolute atomic E-state index is 0.219. The minimum Gasteiger partial charge on any atom is -0.491 e. The van der Waals surface area contributed by atoms with Gasteiger partial charge in [0.25, 0.3) is 0 Å². The van der Waals surface area contributed by atoms with Gasteiger partial charge in [-0.2, -0.15) is 0 Å². The molecule has 0 bridgehead atoms. The Morgan fingerprint density at radius 2 is 1.86 bits per heavy atom. The number of hydrogen-bond donors (Lipinski definition) is 1. The van der Waals surface area contributed by atoms with E-state index in [9.17, 15) is 0 Å². The van der Waals surface area contributed by atoms with Crippen molar-refractivity contribution in [1.29, 1.82) is 0 Å². The SMILES string of the molecule is CC(C)=CCN(c1ccc(OC(C)C)cc1)C1CCNCC1. The summed E-state index contributed by atoms with van der Waals surface area (Å²) in [6.07, 6.45) is 4.96. The molecule has 1 N–H and O–H groups in total. The topological polar surface area (TPSA) is 24.5 Å². The fourth-order valence-electron chi connectivity index (χ4n) is 2.85. The summed E-state index contributed by atoms with van der Waals surface area (Å²) >= 11 is 0. The quantitative estimate of drug-likeness (QED) is 0.804. The van der Waals surface area contributed by atoms with Crippen molar-refractivity contribution >= 4 is 5.69 Å². The molecular formula is C19H30N2O. The number of nitrogens with one attached hydrogen (secondary N) is 1. The van der Waals surface area contributed by atoms with Crippen molar-refractivity contribution in [2.75, 3.05) is 24.5 Å². The second kappa shape index (κ2) is 8.23. The van der Waals surface area contributed by atoms with Crippen LogP contribution in [-0.2, 0) is 0 Å². The number of allylic oxidation sites excluding steroid dienone is 1. The van der Waals surface area contributed by atoms with Gasteiger partial charge in [-0.1, -0.05) is 11.6 Å². The van der Waals surface area contributed by atoms with Gasteiger partial charge in [0.15, 0.2) is 0 Å². The van der Waals surface area contributed by atoms with Crippen LogP contribution in [0, 0.1) is 0 Å². The van der Waals surface area contributed by atoms with Crippen LogP contribution in [0.15, 0.2) is 35.9 Å². The summed E-state index contributed by atoms with van der Waals surface area (Å²) in [5.41, 5.74) is 2.67. The van der Waals surface area contributed by atoms with E-state index in [1.807, 2.05) is 0 Å². The Bertz CT molecular complexity index is 469. The van der Waals surface area contributed by atoms with Crippen LogP contribution in [0.3, 0.4) is 0 Å². The molecule has 0 aliphatic carbocycles. The van der Waals surface area contributed by atoms with E-state index in [0.29, 0.717) is 6.04 Å². The van der Waals surface area contributed by atoms with Gasteiger partial charge in [-0.15, -0.1) is 0 Å². The van der Waals surface area contributed by atoms with Crippen molar-refractivity contribution in [3.05, 3.63) is 35.9 Å². The van der Waals surface area contributed by atoms with Crippen LogP contribution in [0.4, 0.5) is 5.69 Å². The highest BCUT2D eigenvalue weighted by Gasteiger charge is 2.20. The van der Waals surface area contributed by atoms with Gasteiger partial charge in [0.2, 0.25) is 0 Å². The van der Waals surface area contributed by atoms with Gasteiger partial charge in [-0.25, -0.2) is 0 Å². The van der Waals surface area contributed by atoms with Crippen molar-refractivity contribution in [2.45, 2.75) is 52.7 Å². The summed E-state index contributed by atoms with van der Waals surface area (Å²) in [4.78, 5) is 2.53. The van der Waals surface area contributed by atoms with Crippen molar-refractivity contribution in [3.63, 3.8) is 0 Å². The zero-order valence-corrected chi connectivity index (χ0v) is 14.4. The molecule has 0 atom stereocenters. The molecule has 1 saturated heterocycles. The average Bonchev–Trinajstić information content (AvgIpc) is 2.49. The second-order valence-corrected chi connectivity index (χ2v) is 6.58. The van der Waals surface area contributed by atoms with E-state index in [1.54, 1.807) is 0 Å². The Labute approximate surface area is 135 Å². The summed E-state index contributed by atoms with van der Waals surface area (Å²) in [5, 5.41) is 3.45. The molecule has 0 radical (unpaired) electrons.